The SMILES string of the molecule is N#Cc1ccc2c(/C=C3/Oc4cc(O)cc(O)c4C3=O)c[nH]c2c1. The van der Waals surface area contributed by atoms with E-state index in [2.05, 4.69) is 11.1 Å². The van der Waals surface area contributed by atoms with Crippen LogP contribution in [0, 0.1) is 11.3 Å². The first kappa shape index (κ1) is 13.9. The Morgan fingerprint density at radius 3 is 2.83 bits per heavy atom. The molecule has 1 aliphatic heterocycles. The number of carbonyl (C=O) groups is 1. The third-order valence-electron chi connectivity index (χ3n) is 3.87. The average molecular weight is 318 g/mol. The van der Waals surface area contributed by atoms with E-state index in [1.54, 1.807) is 30.5 Å². The predicted molar refractivity (Wildman–Crippen MR) is 85.7 cm³/mol. The van der Waals surface area contributed by atoms with Gasteiger partial charge in [0.2, 0.25) is 5.78 Å². The fraction of sp³-hybridized carbons (Fsp3) is 0. The largest absolute Gasteiger partial charge is 0.508 e. The Bertz CT molecular complexity index is 1090. The third-order valence-corrected chi connectivity index (χ3v) is 3.87. The Hall–Kier alpha value is -3.72. The van der Waals surface area contributed by atoms with Crippen molar-refractivity contribution in [3.63, 3.8) is 0 Å². The summed E-state index contributed by atoms with van der Waals surface area (Å²) in [6.45, 7) is 0. The van der Waals surface area contributed by atoms with Gasteiger partial charge < -0.3 is 19.9 Å². The van der Waals surface area contributed by atoms with Crippen molar-refractivity contribution in [2.24, 2.45) is 0 Å². The second-order valence-electron chi connectivity index (χ2n) is 5.39. The lowest BCUT2D eigenvalue weighted by Gasteiger charge is -2.00. The average Bonchev–Trinajstić information content (AvgIpc) is 3.09. The Balaban J connectivity index is 1.79. The summed E-state index contributed by atoms with van der Waals surface area (Å²) < 4.78 is 5.47. The third kappa shape index (κ3) is 2.00. The molecule has 0 radical (unpaired) electrons. The summed E-state index contributed by atoms with van der Waals surface area (Å²) in [5, 5.41) is 29.1. The van der Waals surface area contributed by atoms with Crippen LogP contribution in [0.3, 0.4) is 0 Å². The van der Waals surface area contributed by atoms with E-state index < -0.39 is 5.78 Å². The second-order valence-corrected chi connectivity index (χ2v) is 5.39. The molecule has 1 aliphatic rings. The van der Waals surface area contributed by atoms with Crippen molar-refractivity contribution in [2.75, 3.05) is 0 Å². The molecular formula is C18H10N2O4. The normalized spacial score (nSPS) is 14.6. The zero-order chi connectivity index (χ0) is 16.8. The van der Waals surface area contributed by atoms with Crippen LogP contribution in [-0.2, 0) is 0 Å². The maximum absolute atomic E-state index is 12.4. The molecule has 4 rings (SSSR count). The fourth-order valence-corrected chi connectivity index (χ4v) is 2.76. The van der Waals surface area contributed by atoms with Gasteiger partial charge in [0.05, 0.1) is 11.6 Å². The number of nitrogens with zero attached hydrogens (tertiary/aromatic N) is 1. The molecule has 0 saturated heterocycles. The van der Waals surface area contributed by atoms with Crippen LogP contribution >= 0.6 is 0 Å². The number of nitrogens with one attached hydrogen (secondary N) is 1. The molecule has 0 bridgehead atoms. The van der Waals surface area contributed by atoms with Gasteiger partial charge in [0.15, 0.2) is 5.76 Å². The Morgan fingerprint density at radius 1 is 1.21 bits per heavy atom. The number of ketones is 1. The summed E-state index contributed by atoms with van der Waals surface area (Å²) in [4.78, 5) is 15.4. The van der Waals surface area contributed by atoms with Crippen molar-refractivity contribution in [1.82, 2.24) is 4.98 Å². The number of fused-ring (bicyclic) bond motifs is 2. The van der Waals surface area contributed by atoms with Crippen LogP contribution in [0.5, 0.6) is 17.2 Å². The number of ether oxygens (including phenoxy) is 1. The molecule has 0 spiro atoms. The Labute approximate surface area is 135 Å². The topological polar surface area (TPSA) is 106 Å². The van der Waals surface area contributed by atoms with E-state index in [9.17, 15) is 15.0 Å². The smallest absolute Gasteiger partial charge is 0.235 e. The van der Waals surface area contributed by atoms with Gasteiger partial charge in [0.25, 0.3) is 0 Å². The molecule has 0 aliphatic carbocycles. The number of aromatic nitrogens is 1. The summed E-state index contributed by atoms with van der Waals surface area (Å²) in [7, 11) is 0. The standard InChI is InChI=1S/C18H10N2O4/c19-7-9-1-2-12-10(8-20-13(12)3-9)4-16-18(23)17-14(22)5-11(21)6-15(17)24-16/h1-6,8,20-22H/b16-4+. The molecule has 3 N–H and O–H groups in total. The quantitative estimate of drug-likeness (QED) is 0.598. The number of hydrogen-bond donors (Lipinski definition) is 3. The predicted octanol–water partition coefficient (Wildman–Crippen LogP) is 3.07. The molecule has 6 heteroatoms. The number of carbonyl (C=O) groups excluding carboxylic acids is 1. The number of Topliss-reactive ketones (excluding diaryl/α,β-unsaturated/α-hetero) is 1. The molecule has 6 nitrogen and oxygen atoms in total. The van der Waals surface area contributed by atoms with Crippen LogP contribution < -0.4 is 4.74 Å². The van der Waals surface area contributed by atoms with E-state index in [1.807, 2.05) is 0 Å². The minimum absolute atomic E-state index is 0.0330. The number of benzene rings is 2. The van der Waals surface area contributed by atoms with Crippen LogP contribution in [0.4, 0.5) is 0 Å². The van der Waals surface area contributed by atoms with E-state index in [0.29, 0.717) is 11.1 Å². The number of allylic oxidation sites excluding steroid dienone is 1. The highest BCUT2D eigenvalue weighted by Crippen LogP contribution is 2.40. The number of aromatic amines is 1. The van der Waals surface area contributed by atoms with Crippen LogP contribution in [0.15, 0.2) is 42.3 Å². The van der Waals surface area contributed by atoms with Gasteiger partial charge in [-0.2, -0.15) is 5.26 Å². The lowest BCUT2D eigenvalue weighted by molar-refractivity contribution is 0.101. The highest BCUT2D eigenvalue weighted by molar-refractivity contribution is 6.16. The molecule has 24 heavy (non-hydrogen) atoms. The molecule has 116 valence electrons. The number of H-pyrrole nitrogens is 1. The molecule has 0 atom stereocenters. The number of phenols is 2. The maximum Gasteiger partial charge on any atom is 0.235 e. The Kier molecular flexibility index (Phi) is 2.84. The summed E-state index contributed by atoms with van der Waals surface area (Å²) in [6.07, 6.45) is 3.26. The van der Waals surface area contributed by atoms with E-state index in [4.69, 9.17) is 10.00 Å². The first-order valence-corrected chi connectivity index (χ1v) is 7.08. The molecule has 0 saturated carbocycles. The van der Waals surface area contributed by atoms with Gasteiger partial charge in [-0.15, -0.1) is 0 Å². The van der Waals surface area contributed by atoms with E-state index in [1.165, 1.54) is 6.07 Å². The number of nitriles is 1. The summed E-state index contributed by atoms with van der Waals surface area (Å²) in [5.74, 6) is -0.788. The summed E-state index contributed by atoms with van der Waals surface area (Å²) in [6, 6.07) is 9.63. The molecular weight excluding hydrogens is 308 g/mol. The molecule has 0 fully saturated rings. The second kappa shape index (κ2) is 4.89. The van der Waals surface area contributed by atoms with Crippen LogP contribution in [0.25, 0.3) is 17.0 Å². The van der Waals surface area contributed by atoms with Crippen molar-refractivity contribution in [1.29, 1.82) is 5.26 Å². The van der Waals surface area contributed by atoms with Gasteiger partial charge in [0, 0.05) is 34.8 Å². The first-order valence-electron chi connectivity index (χ1n) is 7.08. The van der Waals surface area contributed by atoms with Gasteiger partial charge in [0.1, 0.15) is 22.8 Å². The Morgan fingerprint density at radius 2 is 2.04 bits per heavy atom. The lowest BCUT2D eigenvalue weighted by atomic mass is 10.1. The van der Waals surface area contributed by atoms with Gasteiger partial charge in [-0.05, 0) is 18.2 Å². The van der Waals surface area contributed by atoms with Gasteiger partial charge in [-0.1, -0.05) is 6.07 Å². The minimum atomic E-state index is -0.453. The zero-order valence-corrected chi connectivity index (χ0v) is 12.2. The van der Waals surface area contributed by atoms with E-state index >= 15 is 0 Å². The maximum atomic E-state index is 12.4. The molecule has 1 aromatic heterocycles. The lowest BCUT2D eigenvalue weighted by Crippen LogP contribution is -1.98. The van der Waals surface area contributed by atoms with Crippen molar-refractivity contribution < 1.29 is 19.7 Å². The number of rotatable bonds is 1. The molecule has 3 aromatic rings. The number of hydrogen-bond acceptors (Lipinski definition) is 5. The fourth-order valence-electron chi connectivity index (χ4n) is 2.76. The molecule has 0 amide bonds. The van der Waals surface area contributed by atoms with Crippen molar-refractivity contribution in [3.8, 4) is 23.3 Å². The van der Waals surface area contributed by atoms with Gasteiger partial charge >= 0.3 is 0 Å². The van der Waals surface area contributed by atoms with Gasteiger partial charge in [-0.3, -0.25) is 4.79 Å². The zero-order valence-electron chi connectivity index (χ0n) is 12.2. The highest BCUT2D eigenvalue weighted by atomic mass is 16.5. The van der Waals surface area contributed by atoms with Crippen molar-refractivity contribution >= 4 is 22.8 Å². The molecule has 2 aromatic carbocycles. The number of aromatic hydroxyl groups is 2. The molecule has 0 unspecified atom stereocenters. The van der Waals surface area contributed by atoms with Crippen LogP contribution in [0.1, 0.15) is 21.5 Å². The van der Waals surface area contributed by atoms with Crippen LogP contribution in [0.2, 0.25) is 0 Å². The highest BCUT2D eigenvalue weighted by Gasteiger charge is 2.31. The van der Waals surface area contributed by atoms with Crippen molar-refractivity contribution in [3.05, 3.63) is 59.0 Å². The minimum Gasteiger partial charge on any atom is -0.508 e. The van der Waals surface area contributed by atoms with E-state index in [0.717, 1.165) is 17.0 Å². The summed E-state index contributed by atoms with van der Waals surface area (Å²) >= 11 is 0. The van der Waals surface area contributed by atoms with Gasteiger partial charge in [-0.25, -0.2) is 0 Å². The first-order chi connectivity index (χ1) is 11.6. The summed E-state index contributed by atoms with van der Waals surface area (Å²) in [5.41, 5.74) is 2.05. The van der Waals surface area contributed by atoms with E-state index in [-0.39, 0.29) is 28.6 Å². The van der Waals surface area contributed by atoms with Crippen LogP contribution in [-0.4, -0.2) is 21.0 Å². The number of phenolic OH excluding ortho intramolecular Hbond substituents is 2. The molecule has 2 heterocycles. The van der Waals surface area contributed by atoms with Crippen molar-refractivity contribution in [2.45, 2.75) is 0 Å². The monoisotopic (exact) mass is 318 g/mol.